The molecule has 2 aliphatic rings. The van der Waals surface area contributed by atoms with Crippen molar-refractivity contribution in [2.75, 3.05) is 32.8 Å². The normalized spacial score (nSPS) is 16.9. The molecule has 1 saturated heterocycles. The Kier molecular flexibility index (Phi) is 5.83. The predicted molar refractivity (Wildman–Crippen MR) is 109 cm³/mol. The molecule has 2 heterocycles. The summed E-state index contributed by atoms with van der Waals surface area (Å²) in [6, 6.07) is 10.0. The molecule has 0 saturated carbocycles. The molecule has 1 aliphatic heterocycles. The Morgan fingerprint density at radius 3 is 2.38 bits per heavy atom. The monoisotopic (exact) mass is 396 g/mol. The number of ether oxygens (including phenoxy) is 1. The molecule has 0 N–H and O–H groups in total. The summed E-state index contributed by atoms with van der Waals surface area (Å²) in [5, 5.41) is 4.78. The SMILES string of the molecule is CCOC(=O)N1CCN(C(=O)c2nn(-c3ccccc3)c3c2CCCCC3)CC1. The molecule has 1 aromatic heterocycles. The molecule has 1 aromatic carbocycles. The van der Waals surface area contributed by atoms with Gasteiger partial charge in [0.25, 0.3) is 5.91 Å². The third-order valence-corrected chi connectivity index (χ3v) is 5.73. The van der Waals surface area contributed by atoms with E-state index in [0.717, 1.165) is 36.9 Å². The molecule has 154 valence electrons. The van der Waals surface area contributed by atoms with E-state index in [4.69, 9.17) is 9.84 Å². The van der Waals surface area contributed by atoms with Crippen LogP contribution in [-0.2, 0) is 17.6 Å². The van der Waals surface area contributed by atoms with Crippen molar-refractivity contribution in [1.82, 2.24) is 19.6 Å². The van der Waals surface area contributed by atoms with Crippen molar-refractivity contribution in [2.24, 2.45) is 0 Å². The van der Waals surface area contributed by atoms with E-state index in [9.17, 15) is 9.59 Å². The second kappa shape index (κ2) is 8.68. The maximum absolute atomic E-state index is 13.3. The first-order chi connectivity index (χ1) is 14.2. The van der Waals surface area contributed by atoms with Gasteiger partial charge in [-0.25, -0.2) is 9.48 Å². The Bertz CT molecular complexity index is 870. The highest BCUT2D eigenvalue weighted by molar-refractivity contribution is 5.94. The zero-order valence-corrected chi connectivity index (χ0v) is 17.0. The van der Waals surface area contributed by atoms with Crippen molar-refractivity contribution in [3.63, 3.8) is 0 Å². The van der Waals surface area contributed by atoms with Gasteiger partial charge in [0, 0.05) is 37.4 Å². The summed E-state index contributed by atoms with van der Waals surface area (Å²) >= 11 is 0. The molecule has 1 aliphatic carbocycles. The summed E-state index contributed by atoms with van der Waals surface area (Å²) in [5.41, 5.74) is 3.85. The lowest BCUT2D eigenvalue weighted by Crippen LogP contribution is -2.51. The number of rotatable bonds is 3. The Morgan fingerprint density at radius 2 is 1.66 bits per heavy atom. The highest BCUT2D eigenvalue weighted by atomic mass is 16.6. The summed E-state index contributed by atoms with van der Waals surface area (Å²) < 4.78 is 7.03. The van der Waals surface area contributed by atoms with Crippen LogP contribution in [0.3, 0.4) is 0 Å². The number of hydrogen-bond donors (Lipinski definition) is 0. The second-order valence-electron chi connectivity index (χ2n) is 7.56. The lowest BCUT2D eigenvalue weighted by atomic mass is 10.1. The molecule has 2 amide bonds. The maximum atomic E-state index is 13.3. The standard InChI is InChI=1S/C22H28N4O3/c1-2-29-22(28)25-15-13-24(14-16-25)21(27)20-18-11-7-4-8-12-19(18)26(23-20)17-9-5-3-6-10-17/h3,5-6,9-10H,2,4,7-8,11-16H2,1H3. The van der Waals surface area contributed by atoms with E-state index >= 15 is 0 Å². The number of amides is 2. The fraction of sp³-hybridized carbons (Fsp3) is 0.500. The summed E-state index contributed by atoms with van der Waals surface area (Å²) in [7, 11) is 0. The van der Waals surface area contributed by atoms with Crippen LogP contribution in [0.4, 0.5) is 4.79 Å². The minimum atomic E-state index is -0.304. The van der Waals surface area contributed by atoms with Gasteiger partial charge in [-0.05, 0) is 44.7 Å². The van der Waals surface area contributed by atoms with Crippen LogP contribution in [0.2, 0.25) is 0 Å². The zero-order valence-electron chi connectivity index (χ0n) is 17.0. The number of para-hydroxylation sites is 1. The van der Waals surface area contributed by atoms with E-state index in [-0.39, 0.29) is 12.0 Å². The first-order valence-electron chi connectivity index (χ1n) is 10.6. The lowest BCUT2D eigenvalue weighted by molar-refractivity contribution is 0.0564. The number of carbonyl (C=O) groups is 2. The molecule has 7 heteroatoms. The van der Waals surface area contributed by atoms with E-state index in [2.05, 4.69) is 0 Å². The first-order valence-corrected chi connectivity index (χ1v) is 10.6. The molecule has 7 nitrogen and oxygen atoms in total. The quantitative estimate of drug-likeness (QED) is 0.748. The zero-order chi connectivity index (χ0) is 20.2. The van der Waals surface area contributed by atoms with Crippen LogP contribution in [0.15, 0.2) is 30.3 Å². The summed E-state index contributed by atoms with van der Waals surface area (Å²) in [6.07, 6.45) is 4.92. The third-order valence-electron chi connectivity index (χ3n) is 5.73. The fourth-order valence-corrected chi connectivity index (χ4v) is 4.19. The minimum absolute atomic E-state index is 0.0265. The van der Waals surface area contributed by atoms with Crippen molar-refractivity contribution in [3.05, 3.63) is 47.3 Å². The minimum Gasteiger partial charge on any atom is -0.450 e. The molecular formula is C22H28N4O3. The van der Waals surface area contributed by atoms with Crippen molar-refractivity contribution < 1.29 is 14.3 Å². The van der Waals surface area contributed by atoms with E-state index in [1.807, 2.05) is 39.9 Å². The van der Waals surface area contributed by atoms with E-state index in [1.165, 1.54) is 12.1 Å². The average molecular weight is 396 g/mol. The molecule has 0 radical (unpaired) electrons. The fourth-order valence-electron chi connectivity index (χ4n) is 4.19. The van der Waals surface area contributed by atoms with Gasteiger partial charge in [0.1, 0.15) is 0 Å². The molecular weight excluding hydrogens is 368 g/mol. The van der Waals surface area contributed by atoms with Gasteiger partial charge in [-0.15, -0.1) is 0 Å². The van der Waals surface area contributed by atoms with Crippen molar-refractivity contribution >= 4 is 12.0 Å². The number of hydrogen-bond acceptors (Lipinski definition) is 4. The maximum Gasteiger partial charge on any atom is 0.409 e. The Labute approximate surface area is 171 Å². The number of nitrogens with zero attached hydrogens (tertiary/aromatic N) is 4. The van der Waals surface area contributed by atoms with Gasteiger partial charge in [0.15, 0.2) is 5.69 Å². The Balaban J connectivity index is 1.58. The van der Waals surface area contributed by atoms with Crippen LogP contribution < -0.4 is 0 Å². The van der Waals surface area contributed by atoms with E-state index in [1.54, 1.807) is 11.8 Å². The molecule has 1 fully saturated rings. The van der Waals surface area contributed by atoms with Crippen LogP contribution in [-0.4, -0.2) is 64.4 Å². The lowest BCUT2D eigenvalue weighted by Gasteiger charge is -2.33. The van der Waals surface area contributed by atoms with Crippen LogP contribution in [0, 0.1) is 0 Å². The van der Waals surface area contributed by atoms with Crippen LogP contribution in [0.25, 0.3) is 5.69 Å². The number of fused-ring (bicyclic) bond motifs is 1. The topological polar surface area (TPSA) is 67.7 Å². The van der Waals surface area contributed by atoms with Crippen molar-refractivity contribution in [1.29, 1.82) is 0 Å². The Morgan fingerprint density at radius 1 is 0.966 bits per heavy atom. The van der Waals surface area contributed by atoms with Gasteiger partial charge >= 0.3 is 6.09 Å². The van der Waals surface area contributed by atoms with Crippen molar-refractivity contribution in [3.8, 4) is 5.69 Å². The van der Waals surface area contributed by atoms with E-state index < -0.39 is 0 Å². The Hall–Kier alpha value is -2.83. The molecule has 0 spiro atoms. The molecule has 4 rings (SSSR count). The number of piperazine rings is 1. The number of benzene rings is 1. The number of aromatic nitrogens is 2. The molecule has 2 aromatic rings. The van der Waals surface area contributed by atoms with Crippen molar-refractivity contribution in [2.45, 2.75) is 39.0 Å². The summed E-state index contributed by atoms with van der Waals surface area (Å²) in [4.78, 5) is 28.7. The summed E-state index contributed by atoms with van der Waals surface area (Å²) in [6.45, 7) is 4.15. The van der Waals surface area contributed by atoms with Gasteiger partial charge in [-0.3, -0.25) is 4.79 Å². The highest BCUT2D eigenvalue weighted by Gasteiger charge is 2.30. The van der Waals surface area contributed by atoms with Crippen LogP contribution >= 0.6 is 0 Å². The van der Waals surface area contributed by atoms with Gasteiger partial charge < -0.3 is 14.5 Å². The smallest absolute Gasteiger partial charge is 0.409 e. The van der Waals surface area contributed by atoms with E-state index in [0.29, 0.717) is 38.5 Å². The number of carbonyl (C=O) groups excluding carboxylic acids is 2. The predicted octanol–water partition coefficient (Wildman–Crippen LogP) is 3.06. The average Bonchev–Trinajstić information content (AvgIpc) is 2.95. The molecule has 0 atom stereocenters. The van der Waals surface area contributed by atoms with Gasteiger partial charge in [-0.1, -0.05) is 24.6 Å². The van der Waals surface area contributed by atoms with Gasteiger partial charge in [0.2, 0.25) is 0 Å². The molecule has 29 heavy (non-hydrogen) atoms. The van der Waals surface area contributed by atoms with Crippen LogP contribution in [0.1, 0.15) is 47.9 Å². The third kappa shape index (κ3) is 3.99. The molecule has 0 unspecified atom stereocenters. The first kappa shape index (κ1) is 19.5. The van der Waals surface area contributed by atoms with Crippen LogP contribution in [0.5, 0.6) is 0 Å². The van der Waals surface area contributed by atoms with Gasteiger partial charge in [0.05, 0.1) is 12.3 Å². The highest BCUT2D eigenvalue weighted by Crippen LogP contribution is 2.27. The summed E-state index contributed by atoms with van der Waals surface area (Å²) in [5.74, 6) is -0.0265. The second-order valence-corrected chi connectivity index (χ2v) is 7.56. The molecule has 0 bridgehead atoms. The largest absolute Gasteiger partial charge is 0.450 e. The van der Waals surface area contributed by atoms with Gasteiger partial charge in [-0.2, -0.15) is 5.10 Å².